The molecule has 1 aromatic rings. The van der Waals surface area contributed by atoms with Crippen molar-refractivity contribution in [1.29, 1.82) is 0 Å². The van der Waals surface area contributed by atoms with Crippen molar-refractivity contribution >= 4 is 5.71 Å². The first kappa shape index (κ1) is 13.8. The molecule has 4 heteroatoms. The van der Waals surface area contributed by atoms with E-state index in [1.54, 1.807) is 0 Å². The maximum Gasteiger partial charge on any atom is 0.168 e. The molecule has 1 aromatic carbocycles. The second kappa shape index (κ2) is 5.42. The molecule has 1 saturated carbocycles. The van der Waals surface area contributed by atoms with E-state index >= 15 is 0 Å². The van der Waals surface area contributed by atoms with Gasteiger partial charge >= 0.3 is 0 Å². The lowest BCUT2D eigenvalue weighted by atomic mass is 9.78. The fourth-order valence-electron chi connectivity index (χ4n) is 3.39. The topological polar surface area (TPSA) is 40.0 Å². The summed E-state index contributed by atoms with van der Waals surface area (Å²) in [6, 6.07) is 9.96. The highest BCUT2D eigenvalue weighted by molar-refractivity contribution is 6.01. The second-order valence-electron chi connectivity index (χ2n) is 6.21. The summed E-state index contributed by atoms with van der Waals surface area (Å²) in [4.78, 5) is 5.76. The number of ether oxygens (including phenoxy) is 2. The zero-order valence-electron chi connectivity index (χ0n) is 12.5. The summed E-state index contributed by atoms with van der Waals surface area (Å²) in [5.74, 6) is 5.94. The van der Waals surface area contributed by atoms with Crippen molar-refractivity contribution in [2.75, 3.05) is 13.2 Å². The average Bonchev–Trinajstić information content (AvgIpc) is 3.18. The Bertz CT molecular complexity index is 625. The number of rotatable bonds is 0. The third-order valence-corrected chi connectivity index (χ3v) is 4.70. The van der Waals surface area contributed by atoms with Crippen LogP contribution in [0.15, 0.2) is 35.5 Å². The molecule has 2 aliphatic heterocycles. The van der Waals surface area contributed by atoms with E-state index < -0.39 is 0 Å². The van der Waals surface area contributed by atoms with Gasteiger partial charge in [0, 0.05) is 24.8 Å². The van der Waals surface area contributed by atoms with Crippen molar-refractivity contribution in [2.45, 2.75) is 43.5 Å². The smallest absolute Gasteiger partial charge is 0.168 e. The monoisotopic (exact) mass is 297 g/mol. The Morgan fingerprint density at radius 1 is 0.909 bits per heavy atom. The Morgan fingerprint density at radius 3 is 2.36 bits per heavy atom. The third kappa shape index (κ3) is 2.63. The molecule has 1 saturated heterocycles. The number of nitrogens with zero attached hydrogens (tertiary/aromatic N) is 1. The van der Waals surface area contributed by atoms with Gasteiger partial charge in [0.05, 0.1) is 13.2 Å². The van der Waals surface area contributed by atoms with Gasteiger partial charge in [-0.2, -0.15) is 0 Å². The molecule has 0 N–H and O–H groups in total. The average molecular weight is 297 g/mol. The summed E-state index contributed by atoms with van der Waals surface area (Å²) in [6.07, 6.45) is 4.37. The van der Waals surface area contributed by atoms with E-state index in [1.807, 2.05) is 30.3 Å². The quantitative estimate of drug-likeness (QED) is 0.691. The van der Waals surface area contributed by atoms with E-state index in [0.29, 0.717) is 13.2 Å². The van der Waals surface area contributed by atoms with Crippen LogP contribution in [0.5, 0.6) is 0 Å². The highest BCUT2D eigenvalue weighted by Gasteiger charge is 2.50. The summed E-state index contributed by atoms with van der Waals surface area (Å²) in [6.45, 7) is 1.41. The number of hydrogen-bond donors (Lipinski definition) is 0. The van der Waals surface area contributed by atoms with E-state index in [-0.39, 0.29) is 11.4 Å². The van der Waals surface area contributed by atoms with Gasteiger partial charge in [-0.05, 0) is 30.9 Å². The van der Waals surface area contributed by atoms with Crippen molar-refractivity contribution in [3.05, 3.63) is 35.9 Å². The molecule has 2 fully saturated rings. The van der Waals surface area contributed by atoms with Crippen molar-refractivity contribution < 1.29 is 14.3 Å². The molecule has 2 heterocycles. The fourth-order valence-corrected chi connectivity index (χ4v) is 3.39. The van der Waals surface area contributed by atoms with Crippen LogP contribution < -0.4 is 0 Å². The van der Waals surface area contributed by atoms with Crippen LogP contribution in [-0.4, -0.2) is 30.3 Å². The lowest BCUT2D eigenvalue weighted by molar-refractivity contribution is -0.206. The van der Waals surface area contributed by atoms with Gasteiger partial charge in [0.2, 0.25) is 0 Å². The summed E-state index contributed by atoms with van der Waals surface area (Å²) in [5, 5.41) is 4.20. The van der Waals surface area contributed by atoms with Gasteiger partial charge in [-0.25, -0.2) is 0 Å². The van der Waals surface area contributed by atoms with Crippen LogP contribution >= 0.6 is 0 Å². The molecule has 22 heavy (non-hydrogen) atoms. The summed E-state index contributed by atoms with van der Waals surface area (Å²) >= 11 is 0. The van der Waals surface area contributed by atoms with Crippen molar-refractivity contribution in [2.24, 2.45) is 5.16 Å². The van der Waals surface area contributed by atoms with Gasteiger partial charge in [0.15, 0.2) is 5.79 Å². The molecule has 0 bridgehead atoms. The lowest BCUT2D eigenvalue weighted by Gasteiger charge is -2.39. The first-order valence-corrected chi connectivity index (χ1v) is 7.88. The maximum absolute atomic E-state index is 5.77. The van der Waals surface area contributed by atoms with Crippen LogP contribution in [0.1, 0.15) is 37.7 Å². The van der Waals surface area contributed by atoms with E-state index in [1.165, 1.54) is 0 Å². The Hall–Kier alpha value is -1.83. The normalized spacial score (nSPS) is 24.6. The molecule has 1 aliphatic carbocycles. The summed E-state index contributed by atoms with van der Waals surface area (Å²) < 4.78 is 11.5. The van der Waals surface area contributed by atoms with Gasteiger partial charge in [0.1, 0.15) is 11.3 Å². The highest BCUT2D eigenvalue weighted by atomic mass is 16.7. The molecule has 0 atom stereocenters. The summed E-state index contributed by atoms with van der Waals surface area (Å²) in [5.41, 5.74) is 1.65. The predicted molar refractivity (Wildman–Crippen MR) is 82.3 cm³/mol. The number of benzene rings is 1. The van der Waals surface area contributed by atoms with Crippen molar-refractivity contribution in [3.63, 3.8) is 0 Å². The van der Waals surface area contributed by atoms with Crippen molar-refractivity contribution in [1.82, 2.24) is 0 Å². The SMILES string of the molecule is C(#Cc1ccccc1)C1=NOC2(CCC3(CC2)OCCO3)C1. The van der Waals surface area contributed by atoms with Crippen LogP contribution in [0.25, 0.3) is 0 Å². The molecular weight excluding hydrogens is 278 g/mol. The first-order chi connectivity index (χ1) is 10.8. The van der Waals surface area contributed by atoms with Crippen LogP contribution in [0, 0.1) is 11.8 Å². The molecule has 4 rings (SSSR count). The van der Waals surface area contributed by atoms with Crippen molar-refractivity contribution in [3.8, 4) is 11.8 Å². The largest absolute Gasteiger partial charge is 0.388 e. The van der Waals surface area contributed by atoms with Crippen LogP contribution in [0.4, 0.5) is 0 Å². The van der Waals surface area contributed by atoms with E-state index in [4.69, 9.17) is 14.3 Å². The molecule has 0 radical (unpaired) electrons. The number of oxime groups is 1. The third-order valence-electron chi connectivity index (χ3n) is 4.70. The Labute approximate surface area is 130 Å². The minimum Gasteiger partial charge on any atom is -0.388 e. The van der Waals surface area contributed by atoms with Crippen LogP contribution in [0.3, 0.4) is 0 Å². The van der Waals surface area contributed by atoms with Gasteiger partial charge in [-0.3, -0.25) is 0 Å². The molecule has 0 unspecified atom stereocenters. The van der Waals surface area contributed by atoms with Gasteiger partial charge < -0.3 is 14.3 Å². The second-order valence-corrected chi connectivity index (χ2v) is 6.21. The minimum atomic E-state index is -0.354. The zero-order chi connectivity index (χ0) is 14.9. The first-order valence-electron chi connectivity index (χ1n) is 7.88. The molecule has 2 spiro atoms. The minimum absolute atomic E-state index is 0.193. The molecule has 0 aromatic heterocycles. The zero-order valence-corrected chi connectivity index (χ0v) is 12.5. The standard InChI is InChI=1S/C18H19NO3/c1-2-4-15(5-3-1)6-7-16-14-17(22-19-16)8-10-18(11-9-17)20-12-13-21-18/h1-5H,8-14H2. The highest BCUT2D eigenvalue weighted by Crippen LogP contribution is 2.45. The summed E-state index contributed by atoms with van der Waals surface area (Å²) in [7, 11) is 0. The lowest BCUT2D eigenvalue weighted by Crippen LogP contribution is -2.43. The van der Waals surface area contributed by atoms with E-state index in [2.05, 4.69) is 17.0 Å². The Kier molecular flexibility index (Phi) is 3.40. The van der Waals surface area contributed by atoms with E-state index in [0.717, 1.165) is 43.4 Å². The molecule has 0 amide bonds. The van der Waals surface area contributed by atoms with Crippen LogP contribution in [-0.2, 0) is 14.3 Å². The van der Waals surface area contributed by atoms with Gasteiger partial charge in [0.25, 0.3) is 0 Å². The molecule has 3 aliphatic rings. The molecule has 4 nitrogen and oxygen atoms in total. The predicted octanol–water partition coefficient (Wildman–Crippen LogP) is 2.87. The maximum atomic E-state index is 5.77. The van der Waals surface area contributed by atoms with E-state index in [9.17, 15) is 0 Å². The fraction of sp³-hybridized carbons (Fsp3) is 0.500. The Balaban J connectivity index is 1.39. The van der Waals surface area contributed by atoms with Gasteiger partial charge in [-0.15, -0.1) is 0 Å². The molecule has 114 valence electrons. The van der Waals surface area contributed by atoms with Gasteiger partial charge in [-0.1, -0.05) is 29.3 Å². The van der Waals surface area contributed by atoms with Crippen LogP contribution in [0.2, 0.25) is 0 Å². The molecular formula is C18H19NO3. The number of hydrogen-bond acceptors (Lipinski definition) is 4. The Morgan fingerprint density at radius 2 is 1.64 bits per heavy atom.